The highest BCUT2D eigenvalue weighted by molar-refractivity contribution is 8.01. The fourth-order valence-electron chi connectivity index (χ4n) is 0.870. The van der Waals surface area contributed by atoms with Gasteiger partial charge in [-0.2, -0.15) is 0 Å². The molecule has 0 aromatic heterocycles. The fourth-order valence-corrected chi connectivity index (χ4v) is 1.54. The molecule has 0 aliphatic carbocycles. The minimum atomic E-state index is -0.272. The Labute approximate surface area is 101 Å². The summed E-state index contributed by atoms with van der Waals surface area (Å²) in [5.41, 5.74) is 0. The van der Waals surface area contributed by atoms with Crippen molar-refractivity contribution in [2.45, 2.75) is 38.9 Å². The lowest BCUT2D eigenvalue weighted by molar-refractivity contribution is -0.142. The molecule has 0 aromatic rings. The van der Waals surface area contributed by atoms with Gasteiger partial charge in [0.2, 0.25) is 5.91 Å². The molecule has 0 heterocycles. The molecule has 1 N–H and O–H groups in total. The third-order valence-electron chi connectivity index (χ3n) is 1.59. The summed E-state index contributed by atoms with van der Waals surface area (Å²) in [6.45, 7) is 8.67. The number of hydrogen-bond donors (Lipinski definition) is 1. The molecule has 5 heteroatoms. The largest absolute Gasteiger partial charge is 0.466 e. The summed E-state index contributed by atoms with van der Waals surface area (Å²) < 4.78 is 4.82. The van der Waals surface area contributed by atoms with Crippen LogP contribution in [-0.4, -0.2) is 35.5 Å². The zero-order valence-electron chi connectivity index (χ0n) is 10.5. The first-order chi connectivity index (χ1) is 7.35. The Bertz CT molecular complexity index is 236. The zero-order chi connectivity index (χ0) is 12.6. The number of ether oxygens (including phenoxy) is 1. The summed E-state index contributed by atoms with van der Waals surface area (Å²) in [5, 5.41) is 2.68. The molecule has 0 saturated heterocycles. The summed E-state index contributed by atoms with van der Waals surface area (Å²) in [6, 6.07) is 0. The van der Waals surface area contributed by atoms with Gasteiger partial charge in [0.25, 0.3) is 0 Å². The van der Waals surface area contributed by atoms with E-state index in [1.54, 1.807) is 18.7 Å². The van der Waals surface area contributed by atoms with Crippen LogP contribution in [0.5, 0.6) is 0 Å². The van der Waals surface area contributed by atoms with Gasteiger partial charge in [0.15, 0.2) is 0 Å². The number of hydrogen-bond acceptors (Lipinski definition) is 4. The summed E-state index contributed by atoms with van der Waals surface area (Å²) in [6.07, 6.45) is 0.236. The van der Waals surface area contributed by atoms with Crippen molar-refractivity contribution >= 4 is 23.6 Å². The van der Waals surface area contributed by atoms with Crippen LogP contribution in [0.1, 0.15) is 34.1 Å². The van der Waals surface area contributed by atoms with Gasteiger partial charge >= 0.3 is 5.97 Å². The van der Waals surface area contributed by atoms with E-state index >= 15 is 0 Å². The van der Waals surface area contributed by atoms with Gasteiger partial charge in [-0.15, -0.1) is 11.8 Å². The minimum absolute atomic E-state index is 0.0378. The molecule has 0 bridgehead atoms. The van der Waals surface area contributed by atoms with E-state index < -0.39 is 0 Å². The van der Waals surface area contributed by atoms with E-state index in [1.807, 2.05) is 0 Å². The highest BCUT2D eigenvalue weighted by atomic mass is 32.2. The lowest BCUT2D eigenvalue weighted by Gasteiger charge is -2.16. The van der Waals surface area contributed by atoms with E-state index in [1.165, 1.54) is 0 Å². The Hall–Kier alpha value is -0.710. The second-order valence-electron chi connectivity index (χ2n) is 4.31. The number of nitrogens with one attached hydrogen (secondary N) is 1. The second-order valence-corrected chi connectivity index (χ2v) is 6.11. The maximum absolute atomic E-state index is 11.3. The molecule has 0 fully saturated rings. The molecule has 0 atom stereocenters. The normalized spacial score (nSPS) is 11.0. The third kappa shape index (κ3) is 9.83. The van der Waals surface area contributed by atoms with Gasteiger partial charge in [0.1, 0.15) is 0 Å². The average Bonchev–Trinajstić information content (AvgIpc) is 2.14. The van der Waals surface area contributed by atoms with Gasteiger partial charge in [-0.05, 0) is 6.92 Å². The molecule has 0 aromatic carbocycles. The Morgan fingerprint density at radius 2 is 1.94 bits per heavy atom. The van der Waals surface area contributed by atoms with Crippen molar-refractivity contribution < 1.29 is 14.3 Å². The Morgan fingerprint density at radius 1 is 1.31 bits per heavy atom. The number of esters is 1. The number of rotatable bonds is 6. The van der Waals surface area contributed by atoms with Crippen molar-refractivity contribution in [2.75, 3.05) is 18.9 Å². The predicted molar refractivity (Wildman–Crippen MR) is 66.5 cm³/mol. The Balaban J connectivity index is 3.55. The lowest BCUT2D eigenvalue weighted by atomic mass is 10.3. The van der Waals surface area contributed by atoms with Crippen molar-refractivity contribution in [2.24, 2.45) is 0 Å². The van der Waals surface area contributed by atoms with Crippen LogP contribution >= 0.6 is 11.8 Å². The van der Waals surface area contributed by atoms with Gasteiger partial charge in [-0.1, -0.05) is 20.8 Å². The van der Waals surface area contributed by atoms with Crippen LogP contribution in [0.25, 0.3) is 0 Å². The Morgan fingerprint density at radius 3 is 2.44 bits per heavy atom. The molecule has 0 rings (SSSR count). The van der Waals surface area contributed by atoms with E-state index in [2.05, 4.69) is 26.1 Å². The van der Waals surface area contributed by atoms with Gasteiger partial charge in [-0.3, -0.25) is 9.59 Å². The van der Waals surface area contributed by atoms with Crippen LogP contribution < -0.4 is 5.32 Å². The molecular formula is C11H21NO3S. The van der Waals surface area contributed by atoms with Crippen LogP contribution in [-0.2, 0) is 14.3 Å². The van der Waals surface area contributed by atoms with E-state index in [4.69, 9.17) is 4.74 Å². The number of carbonyl (C=O) groups excluding carboxylic acids is 2. The first-order valence-corrected chi connectivity index (χ1v) is 6.40. The molecule has 0 aliphatic rings. The monoisotopic (exact) mass is 247 g/mol. The molecule has 0 radical (unpaired) electrons. The zero-order valence-corrected chi connectivity index (χ0v) is 11.3. The number of amides is 1. The molecule has 1 amide bonds. The van der Waals surface area contributed by atoms with Crippen LogP contribution in [0, 0.1) is 0 Å². The standard InChI is InChI=1S/C11H21NO3S/c1-5-15-10(14)6-7-12-9(13)8-16-11(2,3)4/h5-8H2,1-4H3,(H,12,13). The summed E-state index contributed by atoms with van der Waals surface area (Å²) in [5.74, 6) is 0.113. The maximum Gasteiger partial charge on any atom is 0.307 e. The SMILES string of the molecule is CCOC(=O)CCNC(=O)CSC(C)(C)C. The van der Waals surface area contributed by atoms with Crippen molar-refractivity contribution in [3.05, 3.63) is 0 Å². The van der Waals surface area contributed by atoms with Crippen LogP contribution in [0.2, 0.25) is 0 Å². The molecule has 0 unspecified atom stereocenters. The third-order valence-corrected chi connectivity index (χ3v) is 2.87. The smallest absolute Gasteiger partial charge is 0.307 e. The fraction of sp³-hybridized carbons (Fsp3) is 0.818. The molecular weight excluding hydrogens is 226 g/mol. The van der Waals surface area contributed by atoms with Crippen molar-refractivity contribution in [1.82, 2.24) is 5.32 Å². The number of thioether (sulfide) groups is 1. The van der Waals surface area contributed by atoms with Crippen molar-refractivity contribution in [3.8, 4) is 0 Å². The molecule has 94 valence electrons. The van der Waals surface area contributed by atoms with Crippen LogP contribution in [0.4, 0.5) is 0 Å². The van der Waals surface area contributed by atoms with E-state index in [9.17, 15) is 9.59 Å². The molecule has 0 saturated carbocycles. The van der Waals surface area contributed by atoms with E-state index in [0.29, 0.717) is 18.9 Å². The summed E-state index contributed by atoms with van der Waals surface area (Å²) in [4.78, 5) is 22.3. The van der Waals surface area contributed by atoms with Crippen LogP contribution in [0.3, 0.4) is 0 Å². The number of carbonyl (C=O) groups is 2. The highest BCUT2D eigenvalue weighted by Crippen LogP contribution is 2.22. The first kappa shape index (κ1) is 15.3. The highest BCUT2D eigenvalue weighted by Gasteiger charge is 2.13. The molecule has 4 nitrogen and oxygen atoms in total. The van der Waals surface area contributed by atoms with Crippen molar-refractivity contribution in [1.29, 1.82) is 0 Å². The minimum Gasteiger partial charge on any atom is -0.466 e. The van der Waals surface area contributed by atoms with Gasteiger partial charge in [0, 0.05) is 11.3 Å². The topological polar surface area (TPSA) is 55.4 Å². The quantitative estimate of drug-likeness (QED) is 0.724. The summed E-state index contributed by atoms with van der Waals surface area (Å²) in [7, 11) is 0. The molecule has 0 spiro atoms. The van der Waals surface area contributed by atoms with Crippen molar-refractivity contribution in [3.63, 3.8) is 0 Å². The maximum atomic E-state index is 11.3. The first-order valence-electron chi connectivity index (χ1n) is 5.41. The Kier molecular flexibility index (Phi) is 7.21. The second kappa shape index (κ2) is 7.54. The molecule has 16 heavy (non-hydrogen) atoms. The summed E-state index contributed by atoms with van der Waals surface area (Å²) >= 11 is 1.58. The van der Waals surface area contributed by atoms with Gasteiger partial charge < -0.3 is 10.1 Å². The average molecular weight is 247 g/mol. The van der Waals surface area contributed by atoms with Gasteiger partial charge in [0.05, 0.1) is 18.8 Å². The van der Waals surface area contributed by atoms with Gasteiger partial charge in [-0.25, -0.2) is 0 Å². The van der Waals surface area contributed by atoms with E-state index in [-0.39, 0.29) is 23.0 Å². The lowest BCUT2D eigenvalue weighted by Crippen LogP contribution is -2.29. The van der Waals surface area contributed by atoms with Crippen LogP contribution in [0.15, 0.2) is 0 Å². The molecule has 0 aliphatic heterocycles. The predicted octanol–water partition coefficient (Wildman–Crippen LogP) is 1.59. The van der Waals surface area contributed by atoms with E-state index in [0.717, 1.165) is 0 Å².